The van der Waals surface area contributed by atoms with Crippen LogP contribution in [0.3, 0.4) is 0 Å². The van der Waals surface area contributed by atoms with E-state index in [9.17, 15) is 14.7 Å². The van der Waals surface area contributed by atoms with Gasteiger partial charge in [-0.2, -0.15) is 0 Å². The smallest absolute Gasteiger partial charge is 0.306 e. The number of hydrogen-bond acceptors (Lipinski definition) is 6. The zero-order valence-electron chi connectivity index (χ0n) is 35.1. The fourth-order valence-electron chi connectivity index (χ4n) is 7.71. The molecule has 1 aliphatic rings. The van der Waals surface area contributed by atoms with Crippen LogP contribution in [0.5, 0.6) is 0 Å². The van der Waals surface area contributed by atoms with E-state index >= 15 is 0 Å². The number of ether oxygens (including phenoxy) is 2. The van der Waals surface area contributed by atoms with E-state index in [1.54, 1.807) is 0 Å². The highest BCUT2D eigenvalue weighted by molar-refractivity contribution is 5.69. The molecule has 0 saturated heterocycles. The number of nitrogens with zero attached hydrogens (tertiary/aromatic N) is 1. The minimum absolute atomic E-state index is 0.00565. The van der Waals surface area contributed by atoms with E-state index in [1.807, 2.05) is 0 Å². The molecule has 1 N–H and O–H groups in total. The summed E-state index contributed by atoms with van der Waals surface area (Å²) in [4.78, 5) is 27.3. The lowest BCUT2D eigenvalue weighted by atomic mass is 10.0. The molecule has 0 aromatic rings. The fourth-order valence-corrected chi connectivity index (χ4v) is 7.71. The molecule has 2 unspecified atom stereocenters. The van der Waals surface area contributed by atoms with Gasteiger partial charge in [-0.25, -0.2) is 0 Å². The van der Waals surface area contributed by atoms with Gasteiger partial charge in [-0.1, -0.05) is 162 Å². The molecule has 1 rings (SSSR count). The van der Waals surface area contributed by atoms with E-state index in [-0.39, 0.29) is 24.6 Å². The maximum Gasteiger partial charge on any atom is 0.306 e. The Morgan fingerprint density at radius 3 is 1.50 bits per heavy atom. The van der Waals surface area contributed by atoms with Crippen LogP contribution >= 0.6 is 0 Å². The van der Waals surface area contributed by atoms with Crippen molar-refractivity contribution in [2.75, 3.05) is 32.8 Å². The summed E-state index contributed by atoms with van der Waals surface area (Å²) in [5, 5.41) is 9.56. The summed E-state index contributed by atoms with van der Waals surface area (Å²) in [5.74, 6) is 1.44. The highest BCUT2D eigenvalue weighted by Crippen LogP contribution is 2.42. The Bertz CT molecular complexity index is 775. The number of rotatable bonds is 41. The van der Waals surface area contributed by atoms with E-state index in [0.29, 0.717) is 25.4 Å². The monoisotopic (exact) mass is 736 g/mol. The summed E-state index contributed by atoms with van der Waals surface area (Å²) in [6.07, 6.45) is 39.0. The van der Waals surface area contributed by atoms with E-state index < -0.39 is 0 Å². The van der Waals surface area contributed by atoms with Gasteiger partial charge in [0.25, 0.3) is 0 Å². The van der Waals surface area contributed by atoms with Crippen LogP contribution in [0.1, 0.15) is 233 Å². The third kappa shape index (κ3) is 31.2. The van der Waals surface area contributed by atoms with Gasteiger partial charge in [-0.15, -0.1) is 0 Å². The van der Waals surface area contributed by atoms with E-state index in [4.69, 9.17) is 9.47 Å². The molecule has 1 saturated carbocycles. The van der Waals surface area contributed by atoms with Gasteiger partial charge in [0.15, 0.2) is 0 Å². The molecule has 0 radical (unpaired) electrons. The Morgan fingerprint density at radius 2 is 0.981 bits per heavy atom. The lowest BCUT2D eigenvalue weighted by Gasteiger charge is -2.21. The van der Waals surface area contributed by atoms with Crippen LogP contribution in [0.4, 0.5) is 0 Å². The lowest BCUT2D eigenvalue weighted by molar-refractivity contribution is -0.150. The van der Waals surface area contributed by atoms with Crippen molar-refractivity contribution in [1.29, 1.82) is 0 Å². The van der Waals surface area contributed by atoms with Crippen LogP contribution in [0.2, 0.25) is 0 Å². The molecule has 0 aromatic heterocycles. The summed E-state index contributed by atoms with van der Waals surface area (Å²) in [6, 6.07) is 0. The first-order chi connectivity index (χ1) is 25.5. The molecule has 0 heterocycles. The third-order valence-electron chi connectivity index (χ3n) is 11.4. The van der Waals surface area contributed by atoms with Crippen LogP contribution in [0, 0.1) is 11.8 Å². The van der Waals surface area contributed by atoms with E-state index in [2.05, 4.69) is 25.7 Å². The van der Waals surface area contributed by atoms with Crippen LogP contribution in [0.15, 0.2) is 0 Å². The molecular formula is C46H89NO5. The van der Waals surface area contributed by atoms with Crippen molar-refractivity contribution in [1.82, 2.24) is 4.90 Å². The average molecular weight is 736 g/mol. The van der Waals surface area contributed by atoms with Crippen LogP contribution in [-0.4, -0.2) is 60.9 Å². The second kappa shape index (κ2) is 36.8. The average Bonchev–Trinajstić information content (AvgIpc) is 3.90. The molecule has 0 amide bonds. The minimum atomic E-state index is -0.00565. The Balaban J connectivity index is 2.06. The molecule has 52 heavy (non-hydrogen) atoms. The molecule has 0 spiro atoms. The van der Waals surface area contributed by atoms with Gasteiger partial charge in [0, 0.05) is 19.4 Å². The molecule has 0 aliphatic heterocycles. The van der Waals surface area contributed by atoms with Gasteiger partial charge in [0.2, 0.25) is 0 Å². The largest absolute Gasteiger partial charge is 0.465 e. The summed E-state index contributed by atoms with van der Waals surface area (Å²) in [7, 11) is 0. The Kier molecular flexibility index (Phi) is 34.6. The highest BCUT2D eigenvalue weighted by atomic mass is 16.5. The summed E-state index contributed by atoms with van der Waals surface area (Å²) in [6.45, 7) is 10.5. The van der Waals surface area contributed by atoms with Gasteiger partial charge < -0.3 is 19.5 Å². The number of carbonyl (C=O) groups is 2. The molecule has 308 valence electrons. The van der Waals surface area contributed by atoms with Crippen molar-refractivity contribution >= 4 is 11.9 Å². The van der Waals surface area contributed by atoms with E-state index in [1.165, 1.54) is 135 Å². The predicted octanol–water partition coefficient (Wildman–Crippen LogP) is 12.9. The maximum absolute atomic E-state index is 12.7. The zero-order valence-corrected chi connectivity index (χ0v) is 35.1. The normalized spacial score (nSPS) is 15.5. The predicted molar refractivity (Wildman–Crippen MR) is 221 cm³/mol. The number of aliphatic hydroxyl groups is 1. The van der Waals surface area contributed by atoms with Crippen LogP contribution in [-0.2, 0) is 19.1 Å². The van der Waals surface area contributed by atoms with Gasteiger partial charge in [0.05, 0.1) is 13.2 Å². The number of unbranched alkanes of at least 4 members (excludes halogenated alkanes) is 22. The second-order valence-corrected chi connectivity index (χ2v) is 16.5. The van der Waals surface area contributed by atoms with Crippen molar-refractivity contribution in [3.8, 4) is 0 Å². The number of hydrogen-bond donors (Lipinski definition) is 1. The first kappa shape index (κ1) is 48.9. The molecule has 6 heteroatoms. The number of carbonyl (C=O) groups excluding carboxylic acids is 2. The molecule has 0 aromatic carbocycles. The fraction of sp³-hybridized carbons (Fsp3) is 0.957. The number of esters is 2. The Labute approximate surface area is 323 Å². The Morgan fingerprint density at radius 1 is 0.538 bits per heavy atom. The highest BCUT2D eigenvalue weighted by Gasteiger charge is 2.37. The zero-order chi connectivity index (χ0) is 37.7. The summed E-state index contributed by atoms with van der Waals surface area (Å²) in [5.41, 5.74) is 0. The molecule has 2 atom stereocenters. The maximum atomic E-state index is 12.7. The van der Waals surface area contributed by atoms with Gasteiger partial charge in [-0.3, -0.25) is 9.59 Å². The van der Waals surface area contributed by atoms with Crippen molar-refractivity contribution in [3.05, 3.63) is 0 Å². The van der Waals surface area contributed by atoms with Crippen molar-refractivity contribution < 1.29 is 24.2 Å². The van der Waals surface area contributed by atoms with Crippen molar-refractivity contribution in [2.45, 2.75) is 239 Å². The van der Waals surface area contributed by atoms with Crippen molar-refractivity contribution in [2.24, 2.45) is 11.8 Å². The molecule has 1 fully saturated rings. The molecule has 1 aliphatic carbocycles. The lowest BCUT2D eigenvalue weighted by Crippen LogP contribution is -2.29. The Hall–Kier alpha value is -1.14. The number of aliphatic hydroxyl groups excluding tert-OH is 1. The quantitative estimate of drug-likeness (QED) is 0.0498. The SMILES string of the molecule is CCCCCCCCC(CCCCCCCC)OC(=O)CCCCCCCN(CCO)CCCCCCCC(=O)OCC1CC1CCCCCCC. The molecule has 6 nitrogen and oxygen atoms in total. The van der Waals surface area contributed by atoms with Crippen LogP contribution < -0.4 is 0 Å². The topological polar surface area (TPSA) is 76.1 Å². The second-order valence-electron chi connectivity index (χ2n) is 16.5. The van der Waals surface area contributed by atoms with Gasteiger partial charge >= 0.3 is 11.9 Å². The van der Waals surface area contributed by atoms with Gasteiger partial charge in [0.1, 0.15) is 6.10 Å². The van der Waals surface area contributed by atoms with Crippen LogP contribution in [0.25, 0.3) is 0 Å². The van der Waals surface area contributed by atoms with Crippen molar-refractivity contribution in [3.63, 3.8) is 0 Å². The summed E-state index contributed by atoms with van der Waals surface area (Å²) < 4.78 is 11.6. The third-order valence-corrected chi connectivity index (χ3v) is 11.4. The standard InChI is InChI=1S/C46H89NO5/c1-4-7-10-13-18-25-32-44(33-26-19-14-11-8-5-2)52-46(50)35-28-21-16-23-30-37-47(38-39-48)36-29-22-15-20-27-34-45(49)51-41-43-40-42(43)31-24-17-12-9-6-3/h42-44,48H,4-41H2,1-3H3. The summed E-state index contributed by atoms with van der Waals surface area (Å²) >= 11 is 0. The minimum Gasteiger partial charge on any atom is -0.465 e. The van der Waals surface area contributed by atoms with Gasteiger partial charge in [-0.05, 0) is 82.7 Å². The first-order valence-corrected chi connectivity index (χ1v) is 23.2. The van der Waals surface area contributed by atoms with E-state index in [0.717, 1.165) is 89.8 Å². The molecular weight excluding hydrogens is 647 g/mol. The first-order valence-electron chi connectivity index (χ1n) is 23.2. The molecule has 0 bridgehead atoms.